The van der Waals surface area contributed by atoms with E-state index in [1.807, 2.05) is 0 Å². The van der Waals surface area contributed by atoms with E-state index in [0.29, 0.717) is 30.0 Å². The number of aromatic nitrogens is 2. The molecule has 1 aliphatic heterocycles. The van der Waals surface area contributed by atoms with Gasteiger partial charge in [0, 0.05) is 20.2 Å². The fourth-order valence-electron chi connectivity index (χ4n) is 2.79. The van der Waals surface area contributed by atoms with Gasteiger partial charge in [-0.25, -0.2) is 9.07 Å². The summed E-state index contributed by atoms with van der Waals surface area (Å²) in [6.45, 7) is 3.11. The fraction of sp³-hybridized carbons (Fsp3) is 0.375. The number of carbonyl (C=O) groups excluding carboxylic acids is 1. The third-order valence-electron chi connectivity index (χ3n) is 4.11. The van der Waals surface area contributed by atoms with Crippen LogP contribution in [0.2, 0.25) is 0 Å². The molecule has 2 atom stereocenters. The third kappa shape index (κ3) is 3.43. The number of methoxy groups -OCH3 is 1. The summed E-state index contributed by atoms with van der Waals surface area (Å²) in [5.41, 5.74) is 1.34. The molecule has 1 unspecified atom stereocenters. The maximum atomic E-state index is 13.9. The zero-order chi connectivity index (χ0) is 16.4. The minimum Gasteiger partial charge on any atom is -0.378 e. The van der Waals surface area contributed by atoms with Crippen molar-refractivity contribution in [1.29, 1.82) is 0 Å². The van der Waals surface area contributed by atoms with Crippen LogP contribution in [0, 0.1) is 12.7 Å². The van der Waals surface area contributed by atoms with Crippen molar-refractivity contribution in [2.75, 3.05) is 20.2 Å². The SMILES string of the molecule is CO[C@H]1CNCC1NC(=O)c1cnn(-c2ccccc2F)c1C.Cl. The quantitative estimate of drug-likeness (QED) is 0.872. The van der Waals surface area contributed by atoms with E-state index >= 15 is 0 Å². The van der Waals surface area contributed by atoms with Gasteiger partial charge < -0.3 is 15.4 Å². The smallest absolute Gasteiger partial charge is 0.255 e. The van der Waals surface area contributed by atoms with E-state index in [1.165, 1.54) is 16.9 Å². The standard InChI is InChI=1S/C16H19FN4O2.ClH/c1-10-11(16(22)20-13-8-18-9-15(13)23-2)7-19-21(10)14-6-4-3-5-12(14)17;/h3-7,13,15,18H,8-9H2,1-2H3,(H,20,22);1H/t13?,15-;/m0./s1. The molecule has 1 aliphatic rings. The zero-order valence-corrected chi connectivity index (χ0v) is 14.3. The molecule has 1 amide bonds. The summed E-state index contributed by atoms with van der Waals surface area (Å²) in [5, 5.41) is 10.3. The van der Waals surface area contributed by atoms with E-state index < -0.39 is 0 Å². The van der Waals surface area contributed by atoms with Gasteiger partial charge in [0.15, 0.2) is 0 Å². The monoisotopic (exact) mass is 354 g/mol. The van der Waals surface area contributed by atoms with Crippen LogP contribution in [-0.4, -0.2) is 48.0 Å². The second-order valence-corrected chi connectivity index (χ2v) is 5.52. The molecule has 8 heteroatoms. The highest BCUT2D eigenvalue weighted by Crippen LogP contribution is 2.17. The van der Waals surface area contributed by atoms with Gasteiger partial charge in [0.05, 0.1) is 29.6 Å². The number of nitrogens with zero attached hydrogens (tertiary/aromatic N) is 2. The highest BCUT2D eigenvalue weighted by molar-refractivity contribution is 5.95. The first-order valence-electron chi connectivity index (χ1n) is 7.45. The lowest BCUT2D eigenvalue weighted by atomic mass is 10.2. The Labute approximate surface area is 145 Å². The first-order chi connectivity index (χ1) is 11.1. The van der Waals surface area contributed by atoms with Crippen molar-refractivity contribution in [3.8, 4) is 5.69 Å². The van der Waals surface area contributed by atoms with Gasteiger partial charge in [-0.15, -0.1) is 12.4 Å². The van der Waals surface area contributed by atoms with E-state index in [4.69, 9.17) is 4.74 Å². The number of amides is 1. The Bertz CT molecular complexity index is 722. The van der Waals surface area contributed by atoms with Crippen LogP contribution in [-0.2, 0) is 4.74 Å². The number of carbonyl (C=O) groups is 1. The van der Waals surface area contributed by atoms with Gasteiger partial charge in [0.2, 0.25) is 0 Å². The lowest BCUT2D eigenvalue weighted by Gasteiger charge is -2.18. The molecule has 0 saturated carbocycles. The Morgan fingerprint density at radius 2 is 2.17 bits per heavy atom. The lowest BCUT2D eigenvalue weighted by Crippen LogP contribution is -2.43. The van der Waals surface area contributed by atoms with Crippen LogP contribution in [0.1, 0.15) is 16.1 Å². The number of nitrogens with one attached hydrogen (secondary N) is 2. The topological polar surface area (TPSA) is 68.2 Å². The number of rotatable bonds is 4. The molecular formula is C16H20ClFN4O2. The summed E-state index contributed by atoms with van der Waals surface area (Å²) in [7, 11) is 1.62. The highest BCUT2D eigenvalue weighted by atomic mass is 35.5. The second-order valence-electron chi connectivity index (χ2n) is 5.52. The predicted molar refractivity (Wildman–Crippen MR) is 90.4 cm³/mol. The van der Waals surface area contributed by atoms with E-state index in [1.54, 1.807) is 32.2 Å². The Hall–Kier alpha value is -1.96. The maximum absolute atomic E-state index is 13.9. The van der Waals surface area contributed by atoms with Crippen molar-refractivity contribution in [3.63, 3.8) is 0 Å². The van der Waals surface area contributed by atoms with Gasteiger partial charge in [-0.05, 0) is 19.1 Å². The van der Waals surface area contributed by atoms with Gasteiger partial charge in [-0.2, -0.15) is 5.10 Å². The Morgan fingerprint density at radius 3 is 2.88 bits per heavy atom. The van der Waals surface area contributed by atoms with E-state index in [2.05, 4.69) is 15.7 Å². The highest BCUT2D eigenvalue weighted by Gasteiger charge is 2.29. The molecule has 130 valence electrons. The summed E-state index contributed by atoms with van der Waals surface area (Å²) in [5.74, 6) is -0.620. The number of hydrogen-bond donors (Lipinski definition) is 2. The summed E-state index contributed by atoms with van der Waals surface area (Å²) in [6, 6.07) is 6.24. The van der Waals surface area contributed by atoms with E-state index in [9.17, 15) is 9.18 Å². The zero-order valence-electron chi connectivity index (χ0n) is 13.5. The second kappa shape index (κ2) is 7.74. The van der Waals surface area contributed by atoms with Gasteiger partial charge in [-0.3, -0.25) is 4.79 Å². The number of hydrogen-bond acceptors (Lipinski definition) is 4. The van der Waals surface area contributed by atoms with Crippen LogP contribution >= 0.6 is 12.4 Å². The van der Waals surface area contributed by atoms with Crippen LogP contribution in [0.3, 0.4) is 0 Å². The van der Waals surface area contributed by atoms with Crippen LogP contribution in [0.25, 0.3) is 5.69 Å². The fourth-order valence-corrected chi connectivity index (χ4v) is 2.79. The Kier molecular flexibility index (Phi) is 5.93. The molecule has 1 aromatic heterocycles. The molecule has 2 aromatic rings. The number of para-hydroxylation sites is 1. The molecule has 0 spiro atoms. The van der Waals surface area contributed by atoms with Crippen molar-refractivity contribution in [1.82, 2.24) is 20.4 Å². The number of halogens is 2. The number of benzene rings is 1. The minimum atomic E-state index is -0.384. The molecule has 0 radical (unpaired) electrons. The first-order valence-corrected chi connectivity index (χ1v) is 7.45. The minimum absolute atomic E-state index is 0. The van der Waals surface area contributed by atoms with Crippen molar-refractivity contribution < 1.29 is 13.9 Å². The maximum Gasteiger partial charge on any atom is 0.255 e. The molecule has 2 heterocycles. The summed E-state index contributed by atoms with van der Waals surface area (Å²) < 4.78 is 20.7. The average Bonchev–Trinajstić information content (AvgIpc) is 3.14. The van der Waals surface area contributed by atoms with Crippen molar-refractivity contribution in [2.24, 2.45) is 0 Å². The molecule has 1 saturated heterocycles. The van der Waals surface area contributed by atoms with Crippen LogP contribution in [0.15, 0.2) is 30.5 Å². The molecule has 3 rings (SSSR count). The summed E-state index contributed by atoms with van der Waals surface area (Å²) in [6.07, 6.45) is 1.40. The molecule has 1 aromatic carbocycles. The molecule has 1 fully saturated rings. The van der Waals surface area contributed by atoms with Gasteiger partial charge in [0.25, 0.3) is 5.91 Å². The molecule has 24 heavy (non-hydrogen) atoms. The largest absolute Gasteiger partial charge is 0.378 e. The molecule has 0 aliphatic carbocycles. The van der Waals surface area contributed by atoms with E-state index in [0.717, 1.165) is 0 Å². The van der Waals surface area contributed by atoms with Crippen LogP contribution in [0.5, 0.6) is 0 Å². The molecule has 6 nitrogen and oxygen atoms in total. The predicted octanol–water partition coefficient (Wildman–Crippen LogP) is 1.46. The lowest BCUT2D eigenvalue weighted by molar-refractivity contribution is 0.0779. The van der Waals surface area contributed by atoms with Crippen LogP contribution < -0.4 is 10.6 Å². The summed E-state index contributed by atoms with van der Waals surface area (Å²) in [4.78, 5) is 12.5. The Balaban J connectivity index is 0.00000208. The number of ether oxygens (including phenoxy) is 1. The van der Waals surface area contributed by atoms with Crippen molar-refractivity contribution in [3.05, 3.63) is 47.5 Å². The first kappa shape index (κ1) is 18.4. The van der Waals surface area contributed by atoms with Crippen molar-refractivity contribution >= 4 is 18.3 Å². The van der Waals surface area contributed by atoms with Gasteiger partial charge >= 0.3 is 0 Å². The normalized spacial score (nSPS) is 19.8. The summed E-state index contributed by atoms with van der Waals surface area (Å²) >= 11 is 0. The molecular weight excluding hydrogens is 335 g/mol. The van der Waals surface area contributed by atoms with Gasteiger partial charge in [-0.1, -0.05) is 12.1 Å². The van der Waals surface area contributed by atoms with Crippen LogP contribution in [0.4, 0.5) is 4.39 Å². The van der Waals surface area contributed by atoms with E-state index in [-0.39, 0.29) is 36.3 Å². The van der Waals surface area contributed by atoms with Crippen molar-refractivity contribution in [2.45, 2.75) is 19.1 Å². The Morgan fingerprint density at radius 1 is 1.42 bits per heavy atom. The molecule has 2 N–H and O–H groups in total. The molecule has 0 bridgehead atoms. The average molecular weight is 355 g/mol. The van der Waals surface area contributed by atoms with Gasteiger partial charge in [0.1, 0.15) is 11.5 Å². The third-order valence-corrected chi connectivity index (χ3v) is 4.11.